The molecule has 1 fully saturated rings. The van der Waals surface area contributed by atoms with Gasteiger partial charge in [0, 0.05) is 32.1 Å². The van der Waals surface area contributed by atoms with Crippen LogP contribution in [-0.4, -0.2) is 66.8 Å². The number of hydrogen-bond donors (Lipinski definition) is 1. The van der Waals surface area contributed by atoms with Crippen molar-refractivity contribution < 1.29 is 32.9 Å². The normalized spacial score (nSPS) is 15.2. The van der Waals surface area contributed by atoms with Crippen LogP contribution in [0.1, 0.15) is 97.1 Å². The van der Waals surface area contributed by atoms with Gasteiger partial charge in [-0.25, -0.2) is 0 Å². The van der Waals surface area contributed by atoms with E-state index in [2.05, 4.69) is 60.1 Å². The van der Waals surface area contributed by atoms with Crippen molar-refractivity contribution in [3.05, 3.63) is 76.7 Å². The first kappa shape index (κ1) is 49.3. The van der Waals surface area contributed by atoms with E-state index in [9.17, 15) is 0 Å². The highest BCUT2D eigenvalue weighted by Gasteiger charge is 2.15. The average molecular weight is 739 g/mol. The number of aliphatic hydroxyl groups is 1. The lowest BCUT2D eigenvalue weighted by Crippen LogP contribution is -2.25. The summed E-state index contributed by atoms with van der Waals surface area (Å²) >= 11 is 3.23. The minimum Gasteiger partial charge on any atom is -0.486 e. The topological polar surface area (TPSA) is 109 Å². The fourth-order valence-electron chi connectivity index (χ4n) is 2.95. The number of aryl methyl sites for hydroxylation is 3. The molecule has 3 atom stereocenters. The third-order valence-electron chi connectivity index (χ3n) is 6.20. The molecule has 0 amide bonds. The lowest BCUT2D eigenvalue weighted by Gasteiger charge is -2.23. The Morgan fingerprint density at radius 1 is 0.940 bits per heavy atom. The second-order valence-electron chi connectivity index (χ2n) is 11.1. The predicted molar refractivity (Wildman–Crippen MR) is 210 cm³/mol. The molecule has 3 unspecified atom stereocenters. The van der Waals surface area contributed by atoms with Crippen molar-refractivity contribution in [1.82, 2.24) is 10.2 Å². The molecule has 4 aromatic rings. The van der Waals surface area contributed by atoms with Crippen LogP contribution >= 0.6 is 23.1 Å². The molecule has 0 bridgehead atoms. The number of unbranched alkanes of at least 4 members (excludes halogenated alkanes) is 1. The van der Waals surface area contributed by atoms with Gasteiger partial charge < -0.3 is 32.9 Å². The van der Waals surface area contributed by atoms with E-state index in [4.69, 9.17) is 28.2 Å². The van der Waals surface area contributed by atoms with Crippen molar-refractivity contribution in [2.24, 2.45) is 0 Å². The van der Waals surface area contributed by atoms with E-state index >= 15 is 0 Å². The Balaban J connectivity index is 0. The monoisotopic (exact) mass is 738 g/mol. The first-order chi connectivity index (χ1) is 24.0. The van der Waals surface area contributed by atoms with E-state index in [1.165, 1.54) is 42.3 Å². The molecule has 11 heteroatoms. The Hall–Kier alpha value is -2.83. The van der Waals surface area contributed by atoms with Crippen LogP contribution in [0.4, 0.5) is 0 Å². The van der Waals surface area contributed by atoms with Crippen molar-refractivity contribution in [1.29, 1.82) is 0 Å². The van der Waals surface area contributed by atoms with Crippen LogP contribution in [0.3, 0.4) is 0 Å². The predicted octanol–water partition coefficient (Wildman–Crippen LogP) is 11.0. The Morgan fingerprint density at radius 2 is 1.58 bits per heavy atom. The number of thiophene rings is 1. The number of thioether (sulfide) groups is 1. The summed E-state index contributed by atoms with van der Waals surface area (Å²) in [6.45, 7) is 22.4. The van der Waals surface area contributed by atoms with Crippen LogP contribution < -0.4 is 9.47 Å². The number of hydrogen-bond acceptors (Lipinski definition) is 11. The highest BCUT2D eigenvalue weighted by molar-refractivity contribution is 7.98. The quantitative estimate of drug-likeness (QED) is 0.203. The number of aromatic nitrogens is 2. The first-order valence-electron chi connectivity index (χ1n) is 17.5. The largest absolute Gasteiger partial charge is 0.486 e. The summed E-state index contributed by atoms with van der Waals surface area (Å²) in [5.41, 5.74) is 0. The molecule has 0 spiro atoms. The molecule has 2 aliphatic rings. The number of furan rings is 1. The lowest BCUT2D eigenvalue weighted by molar-refractivity contribution is 0.104. The fourth-order valence-corrected chi connectivity index (χ4v) is 3.80. The van der Waals surface area contributed by atoms with Crippen molar-refractivity contribution in [2.75, 3.05) is 33.2 Å². The van der Waals surface area contributed by atoms with Gasteiger partial charge in [-0.1, -0.05) is 63.6 Å². The Kier molecular flexibility index (Phi) is 34.1. The molecule has 6 rings (SSSR count). The maximum atomic E-state index is 8.36. The Bertz CT molecular complexity index is 1170. The van der Waals surface area contributed by atoms with Gasteiger partial charge in [0.1, 0.15) is 18.5 Å². The summed E-state index contributed by atoms with van der Waals surface area (Å²) in [6, 6.07) is 15.7. The second-order valence-corrected chi connectivity index (χ2v) is 13.0. The lowest BCUT2D eigenvalue weighted by atomic mass is 10.3. The maximum Gasteiger partial charge on any atom is 0.276 e. The molecule has 0 aliphatic carbocycles. The molecule has 9 nitrogen and oxygen atoms in total. The number of ether oxygens (including phenoxy) is 4. The van der Waals surface area contributed by atoms with Crippen LogP contribution in [0.15, 0.2) is 74.2 Å². The van der Waals surface area contributed by atoms with Gasteiger partial charge in [0.2, 0.25) is 5.89 Å². The van der Waals surface area contributed by atoms with Gasteiger partial charge in [0.25, 0.3) is 5.22 Å². The van der Waals surface area contributed by atoms with Crippen molar-refractivity contribution in [3.8, 4) is 11.5 Å². The van der Waals surface area contributed by atoms with Gasteiger partial charge in [-0.15, -0.1) is 21.5 Å². The number of rotatable bonds is 4. The van der Waals surface area contributed by atoms with E-state index in [1.54, 1.807) is 38.6 Å². The number of nitrogens with zero attached hydrogens (tertiary/aromatic N) is 2. The number of methoxy groups -OCH3 is 1. The zero-order valence-electron chi connectivity index (χ0n) is 32.8. The zero-order valence-corrected chi connectivity index (χ0v) is 34.4. The number of para-hydroxylation sites is 2. The van der Waals surface area contributed by atoms with Crippen LogP contribution in [0.25, 0.3) is 0 Å². The number of fused-ring (bicyclic) bond motifs is 1. The van der Waals surface area contributed by atoms with E-state index in [0.29, 0.717) is 23.8 Å². The first-order valence-corrected chi connectivity index (χ1v) is 19.6. The molecule has 1 saturated heterocycles. The summed E-state index contributed by atoms with van der Waals surface area (Å²) in [7, 11) is 1.68. The molecule has 3 aromatic heterocycles. The average Bonchev–Trinajstić information content (AvgIpc) is 3.98. The third kappa shape index (κ3) is 31.2. The summed E-state index contributed by atoms with van der Waals surface area (Å²) in [5.74, 6) is 3.29. The molecule has 286 valence electrons. The second kappa shape index (κ2) is 34.6. The molecule has 2 aliphatic heterocycles. The Labute approximate surface area is 311 Å². The van der Waals surface area contributed by atoms with Gasteiger partial charge in [-0.05, 0) is 103 Å². The minimum absolute atomic E-state index is 0.116. The van der Waals surface area contributed by atoms with Gasteiger partial charge in [0.05, 0.1) is 18.5 Å². The molecule has 1 aromatic carbocycles. The van der Waals surface area contributed by atoms with E-state index in [-0.39, 0.29) is 12.2 Å². The third-order valence-corrected chi connectivity index (χ3v) is 7.51. The van der Waals surface area contributed by atoms with Gasteiger partial charge >= 0.3 is 0 Å². The van der Waals surface area contributed by atoms with Crippen molar-refractivity contribution in [2.45, 2.75) is 125 Å². The van der Waals surface area contributed by atoms with E-state index in [0.717, 1.165) is 36.9 Å². The van der Waals surface area contributed by atoms with Crippen LogP contribution in [0, 0.1) is 20.8 Å². The van der Waals surface area contributed by atoms with Crippen molar-refractivity contribution >= 4 is 23.1 Å². The van der Waals surface area contributed by atoms with Gasteiger partial charge in [-0.2, -0.15) is 0 Å². The van der Waals surface area contributed by atoms with Crippen LogP contribution in [-0.2, 0) is 9.47 Å². The highest BCUT2D eigenvalue weighted by atomic mass is 32.2. The molecular formula is C39H66N2O7S2. The van der Waals surface area contributed by atoms with E-state index < -0.39 is 0 Å². The summed E-state index contributed by atoms with van der Waals surface area (Å²) < 4.78 is 30.4. The SMILES string of the molecule is CC1CCCO1.CC1COc2ccccc2O1.CCC(C)O.CCCC.CCOC.CSc1nnc(C)o1.Cc1ccco1.Cc1cccs1. The zero-order chi connectivity index (χ0) is 38.0. The number of aliphatic hydroxyl groups excluding tert-OH is 1. The molecular weight excluding hydrogens is 673 g/mol. The van der Waals surface area contributed by atoms with Crippen molar-refractivity contribution in [3.63, 3.8) is 0 Å². The van der Waals surface area contributed by atoms with Crippen LogP contribution in [0.2, 0.25) is 0 Å². The number of benzene rings is 1. The van der Waals surface area contributed by atoms with Gasteiger partial charge in [0.15, 0.2) is 11.5 Å². The molecule has 50 heavy (non-hydrogen) atoms. The standard InChI is InChI=1S/C9H10O2.C5H10O.C5H6O.C5H6S.C4H6N2OS.C4H10O.C4H10.C3H8O/c1-7-6-10-8-4-2-3-5-9(8)11-7;3*1-5-3-2-4-6-5;1-3-5-6-4(7-3)8-2;1-3-4(2)5;2*1-3-4-2/h2-5,7H,6H2,1H3;5H,2-4H2,1H3;2*2-4H,1H3;1-2H3;4-5H,3H2,1-2H3;3-4H2,1-2H3;3H2,1-2H3. The molecule has 0 saturated carbocycles. The minimum atomic E-state index is -0.116. The summed E-state index contributed by atoms with van der Waals surface area (Å²) in [4.78, 5) is 1.38. The maximum absolute atomic E-state index is 8.36. The summed E-state index contributed by atoms with van der Waals surface area (Å²) in [6.07, 6.45) is 10.2. The molecule has 1 N–H and O–H groups in total. The Morgan fingerprint density at radius 3 is 1.86 bits per heavy atom. The van der Waals surface area contributed by atoms with E-state index in [1.807, 2.05) is 70.3 Å². The van der Waals surface area contributed by atoms with Crippen LogP contribution in [0.5, 0.6) is 11.5 Å². The van der Waals surface area contributed by atoms with Gasteiger partial charge in [-0.3, -0.25) is 0 Å². The summed E-state index contributed by atoms with van der Waals surface area (Å²) in [5, 5.41) is 18.4. The smallest absolute Gasteiger partial charge is 0.276 e. The molecule has 5 heterocycles. The fraction of sp³-hybridized carbons (Fsp3) is 0.590. The highest BCUT2D eigenvalue weighted by Crippen LogP contribution is 2.30. The molecule has 0 radical (unpaired) electrons.